The highest BCUT2D eigenvalue weighted by Crippen LogP contribution is 2.41. The van der Waals surface area contributed by atoms with Crippen molar-refractivity contribution in [2.24, 2.45) is 0 Å². The molecule has 1 aliphatic heterocycles. The van der Waals surface area contributed by atoms with Crippen LogP contribution in [0.25, 0.3) is 0 Å². The van der Waals surface area contributed by atoms with Crippen molar-refractivity contribution in [2.75, 3.05) is 11.9 Å². The molecule has 1 aromatic rings. The van der Waals surface area contributed by atoms with Crippen LogP contribution in [0.15, 0.2) is 90.0 Å². The van der Waals surface area contributed by atoms with Gasteiger partial charge in [0, 0.05) is 12.6 Å². The second-order valence-corrected chi connectivity index (χ2v) is 9.33. The normalized spacial score (nSPS) is 21.1. The van der Waals surface area contributed by atoms with E-state index in [9.17, 15) is 23.5 Å². The van der Waals surface area contributed by atoms with Crippen molar-refractivity contribution in [1.82, 2.24) is 9.55 Å². The Morgan fingerprint density at radius 1 is 0.976 bits per heavy atom. The summed E-state index contributed by atoms with van der Waals surface area (Å²) in [7, 11) is 0. The van der Waals surface area contributed by atoms with Crippen LogP contribution in [-0.4, -0.2) is 50.4 Å². The number of ether oxygens (including phenoxy) is 1. The third-order valence-corrected chi connectivity index (χ3v) is 6.04. The van der Waals surface area contributed by atoms with Gasteiger partial charge in [0.15, 0.2) is 6.10 Å². The lowest BCUT2D eigenvalue weighted by Crippen LogP contribution is -2.41. The summed E-state index contributed by atoms with van der Waals surface area (Å²) in [6, 6.07) is 1.19. The lowest BCUT2D eigenvalue weighted by molar-refractivity contribution is -0.141. The molecular weight excluding hydrogens is 532 g/mol. The van der Waals surface area contributed by atoms with Crippen molar-refractivity contribution in [3.8, 4) is 0 Å². The average molecular weight is 574 g/mol. The van der Waals surface area contributed by atoms with E-state index in [1.165, 1.54) is 6.07 Å². The predicted octanol–water partition coefficient (Wildman–Crippen LogP) is 5.55. The number of aliphatic hydroxyl groups is 2. The number of hydrogen-bond donors (Lipinski definition) is 3. The van der Waals surface area contributed by atoms with E-state index in [0.29, 0.717) is 11.0 Å². The minimum absolute atomic E-state index is 0.0837. The fourth-order valence-corrected chi connectivity index (χ4v) is 3.84. The summed E-state index contributed by atoms with van der Waals surface area (Å²) in [6.07, 6.45) is 26.5. The third kappa shape index (κ3) is 11.9. The molecule has 0 radical (unpaired) electrons. The summed E-state index contributed by atoms with van der Waals surface area (Å²) in [5.41, 5.74) is -1.09. The van der Waals surface area contributed by atoms with E-state index in [2.05, 4.69) is 71.9 Å². The largest absolute Gasteiger partial charge is 0.394 e. The Morgan fingerprint density at radius 3 is 1.95 bits per heavy atom. The number of anilines is 1. The maximum Gasteiger partial charge on any atom is 0.351 e. The van der Waals surface area contributed by atoms with Crippen molar-refractivity contribution in [3.05, 3.63) is 95.7 Å². The van der Waals surface area contributed by atoms with Crippen LogP contribution >= 0.6 is 0 Å². The standard InChI is InChI=1S/C31H41F2N3O5/c1-2-3-4-5-6-7-8-9-10-11-12-13-14-15-16-17-18-19-20-21-27(38)34-26-22-23-36(30(40)35-26)29-31(32,33)28(39)25(24-37)41-29/h3-4,6-7,9-10,12-13,15-16,18-19,22-23,25,28-29,37,39H,2,5,8,11,14,17,20-21,24H2,1H3,(H,34,35,38,40)/b4-3-,7-6-,10-9-,13-12-,16-15-,19-18-/t25-,28-,29-/m1/s1. The quantitative estimate of drug-likeness (QED) is 0.211. The van der Waals surface area contributed by atoms with Gasteiger partial charge in [0.25, 0.3) is 0 Å². The highest BCUT2D eigenvalue weighted by atomic mass is 19.3. The first kappa shape index (κ1) is 33.7. The molecule has 1 saturated heterocycles. The molecule has 2 heterocycles. The summed E-state index contributed by atoms with van der Waals surface area (Å²) in [4.78, 5) is 28.0. The summed E-state index contributed by atoms with van der Waals surface area (Å²) >= 11 is 0. The molecule has 0 unspecified atom stereocenters. The Morgan fingerprint density at radius 2 is 1.49 bits per heavy atom. The van der Waals surface area contributed by atoms with Gasteiger partial charge in [-0.05, 0) is 51.0 Å². The number of allylic oxidation sites excluding steroid dienone is 12. The number of carbonyl (C=O) groups excluding carboxylic acids is 1. The number of carbonyl (C=O) groups is 1. The van der Waals surface area contributed by atoms with E-state index in [1.807, 2.05) is 18.2 Å². The highest BCUT2D eigenvalue weighted by Gasteiger charge is 2.59. The number of rotatable bonds is 17. The van der Waals surface area contributed by atoms with Crippen LogP contribution in [0, 0.1) is 0 Å². The fraction of sp³-hybridized carbons (Fsp3) is 0.452. The molecule has 3 atom stereocenters. The molecule has 10 heteroatoms. The lowest BCUT2D eigenvalue weighted by Gasteiger charge is -2.21. The number of nitrogens with one attached hydrogen (secondary N) is 1. The summed E-state index contributed by atoms with van der Waals surface area (Å²) in [5, 5.41) is 21.2. The topological polar surface area (TPSA) is 114 Å². The van der Waals surface area contributed by atoms with Crippen molar-refractivity contribution in [2.45, 2.75) is 82.6 Å². The molecule has 224 valence electrons. The van der Waals surface area contributed by atoms with E-state index >= 15 is 0 Å². The van der Waals surface area contributed by atoms with Gasteiger partial charge < -0.3 is 20.3 Å². The van der Waals surface area contributed by atoms with E-state index < -0.39 is 36.7 Å². The van der Waals surface area contributed by atoms with Gasteiger partial charge in [0.2, 0.25) is 12.1 Å². The average Bonchev–Trinajstić information content (AvgIpc) is 3.17. The van der Waals surface area contributed by atoms with Gasteiger partial charge in [0.05, 0.1) is 6.61 Å². The number of amides is 1. The molecule has 8 nitrogen and oxygen atoms in total. The van der Waals surface area contributed by atoms with Crippen LogP contribution in [0.5, 0.6) is 0 Å². The highest BCUT2D eigenvalue weighted by molar-refractivity contribution is 5.89. The molecule has 41 heavy (non-hydrogen) atoms. The zero-order valence-electron chi connectivity index (χ0n) is 23.4. The first-order valence-corrected chi connectivity index (χ1v) is 13.9. The molecule has 1 aliphatic rings. The van der Waals surface area contributed by atoms with E-state index in [4.69, 9.17) is 9.84 Å². The molecule has 0 saturated carbocycles. The maximum absolute atomic E-state index is 14.3. The lowest BCUT2D eigenvalue weighted by atomic mass is 10.1. The predicted molar refractivity (Wildman–Crippen MR) is 157 cm³/mol. The monoisotopic (exact) mass is 573 g/mol. The molecule has 3 N–H and O–H groups in total. The van der Waals surface area contributed by atoms with Crippen LogP contribution in [-0.2, 0) is 9.53 Å². The minimum Gasteiger partial charge on any atom is -0.394 e. The first-order valence-electron chi connectivity index (χ1n) is 13.9. The van der Waals surface area contributed by atoms with Crippen molar-refractivity contribution in [3.63, 3.8) is 0 Å². The smallest absolute Gasteiger partial charge is 0.351 e. The molecule has 1 amide bonds. The van der Waals surface area contributed by atoms with Gasteiger partial charge in [-0.25, -0.2) is 4.79 Å². The van der Waals surface area contributed by atoms with Crippen LogP contribution < -0.4 is 11.0 Å². The maximum atomic E-state index is 14.3. The van der Waals surface area contributed by atoms with Crippen LogP contribution in [0.4, 0.5) is 14.6 Å². The number of halogens is 2. The van der Waals surface area contributed by atoms with Gasteiger partial charge in [-0.1, -0.05) is 79.8 Å². The summed E-state index contributed by atoms with van der Waals surface area (Å²) < 4.78 is 34.0. The number of aliphatic hydroxyl groups excluding tert-OH is 2. The van der Waals surface area contributed by atoms with Gasteiger partial charge in [-0.2, -0.15) is 13.8 Å². The molecule has 0 aliphatic carbocycles. The van der Waals surface area contributed by atoms with Gasteiger partial charge in [-0.15, -0.1) is 0 Å². The van der Waals surface area contributed by atoms with Crippen molar-refractivity contribution >= 4 is 11.7 Å². The zero-order chi connectivity index (χ0) is 29.9. The fourth-order valence-electron chi connectivity index (χ4n) is 3.84. The van der Waals surface area contributed by atoms with E-state index in [-0.39, 0.29) is 18.1 Å². The van der Waals surface area contributed by atoms with Crippen LogP contribution in [0.1, 0.15) is 64.5 Å². The van der Waals surface area contributed by atoms with Gasteiger partial charge in [-0.3, -0.25) is 9.36 Å². The van der Waals surface area contributed by atoms with Gasteiger partial charge >= 0.3 is 11.6 Å². The van der Waals surface area contributed by atoms with Crippen molar-refractivity contribution in [1.29, 1.82) is 0 Å². The molecule has 1 aromatic heterocycles. The second kappa shape index (κ2) is 18.8. The van der Waals surface area contributed by atoms with Crippen LogP contribution in [0.3, 0.4) is 0 Å². The minimum atomic E-state index is -3.80. The Bertz CT molecular complexity index is 1170. The molecule has 1 fully saturated rings. The Kier molecular flexibility index (Phi) is 15.5. The number of nitrogens with zero attached hydrogens (tertiary/aromatic N) is 2. The van der Waals surface area contributed by atoms with Gasteiger partial charge in [0.1, 0.15) is 11.9 Å². The zero-order valence-corrected chi connectivity index (χ0v) is 23.4. The SMILES string of the molecule is CC/C=C\C/C=C\C/C=C\C/C=C\C/C=C\C/C=C\CCC(=O)Nc1ccn([C@@H]2O[C@H](CO)[C@@H](O)C2(F)F)c(=O)n1. The molecular formula is C31H41F2N3O5. The molecule has 0 spiro atoms. The summed E-state index contributed by atoms with van der Waals surface area (Å²) in [6.45, 7) is 1.29. The molecule has 0 aromatic carbocycles. The molecule has 0 bridgehead atoms. The van der Waals surface area contributed by atoms with Crippen LogP contribution in [0.2, 0.25) is 0 Å². The third-order valence-electron chi connectivity index (χ3n) is 6.04. The first-order chi connectivity index (χ1) is 19.8. The number of alkyl halides is 2. The summed E-state index contributed by atoms with van der Waals surface area (Å²) in [5.74, 6) is -4.27. The second-order valence-electron chi connectivity index (χ2n) is 9.33. The van der Waals surface area contributed by atoms with Crippen molar-refractivity contribution < 1.29 is 28.5 Å². The number of aromatic nitrogens is 2. The Labute approximate surface area is 240 Å². The Balaban J connectivity index is 1.62. The Hall–Kier alpha value is -3.47. The van der Waals surface area contributed by atoms with E-state index in [1.54, 1.807) is 0 Å². The molecule has 2 rings (SSSR count). The van der Waals surface area contributed by atoms with E-state index in [0.717, 1.165) is 44.7 Å². The number of hydrogen-bond acceptors (Lipinski definition) is 6.